The smallest absolute Gasteiger partial charge is 0.317 e. The molecule has 1 N–H and O–H groups in total. The summed E-state index contributed by atoms with van der Waals surface area (Å²) in [7, 11) is 2.08. The van der Waals surface area contributed by atoms with Gasteiger partial charge in [0.2, 0.25) is 0 Å². The predicted octanol–water partition coefficient (Wildman–Crippen LogP) is 3.45. The Morgan fingerprint density at radius 3 is 2.75 bits per heavy atom. The highest BCUT2D eigenvalue weighted by Gasteiger charge is 2.21. The minimum atomic E-state index is 0.00499. The topological polar surface area (TPSA) is 37.3 Å². The molecule has 24 heavy (non-hydrogen) atoms. The molecular weight excluding hydrogens is 298 g/mol. The van der Waals surface area contributed by atoms with Gasteiger partial charge in [0.1, 0.15) is 0 Å². The summed E-state index contributed by atoms with van der Waals surface area (Å²) in [6.07, 6.45) is 3.09. The molecule has 0 bridgehead atoms. The molecule has 0 saturated carbocycles. The van der Waals surface area contributed by atoms with Gasteiger partial charge in [-0.3, -0.25) is 0 Å². The van der Waals surface area contributed by atoms with E-state index in [0.29, 0.717) is 13.1 Å². The monoisotopic (exact) mass is 319 g/mol. The molecule has 0 spiro atoms. The third-order valence-electron chi connectivity index (χ3n) is 4.77. The second-order valence-corrected chi connectivity index (χ2v) is 6.39. The number of rotatable bonds is 2. The third-order valence-corrected chi connectivity index (χ3v) is 4.77. The van der Waals surface area contributed by atoms with Gasteiger partial charge >= 0.3 is 6.03 Å². The lowest BCUT2D eigenvalue weighted by Gasteiger charge is -2.21. The molecule has 2 aromatic carbocycles. The zero-order valence-electron chi connectivity index (χ0n) is 13.8. The van der Waals surface area contributed by atoms with Gasteiger partial charge in [-0.15, -0.1) is 0 Å². The molecular formula is C20H21N3O. The molecule has 2 heterocycles. The van der Waals surface area contributed by atoms with Crippen molar-refractivity contribution in [1.29, 1.82) is 0 Å². The van der Waals surface area contributed by atoms with Crippen molar-refractivity contribution in [2.24, 2.45) is 7.05 Å². The number of hydrogen-bond donors (Lipinski definition) is 1. The van der Waals surface area contributed by atoms with Crippen LogP contribution in [0.2, 0.25) is 0 Å². The van der Waals surface area contributed by atoms with Gasteiger partial charge in [0.25, 0.3) is 0 Å². The molecule has 0 radical (unpaired) electrons. The first-order valence-electron chi connectivity index (χ1n) is 8.35. The Hall–Kier alpha value is -2.75. The fraction of sp³-hybridized carbons (Fsp3) is 0.250. The number of nitrogens with zero attached hydrogens (tertiary/aromatic N) is 2. The molecule has 2 amide bonds. The highest BCUT2D eigenvalue weighted by molar-refractivity contribution is 5.88. The molecule has 1 aliphatic heterocycles. The van der Waals surface area contributed by atoms with Crippen molar-refractivity contribution in [2.45, 2.75) is 19.5 Å². The summed E-state index contributed by atoms with van der Waals surface area (Å²) in [4.78, 5) is 14.5. The minimum absolute atomic E-state index is 0.00499. The van der Waals surface area contributed by atoms with Crippen LogP contribution in [0.1, 0.15) is 16.7 Å². The maximum atomic E-state index is 12.6. The Kier molecular flexibility index (Phi) is 3.73. The van der Waals surface area contributed by atoms with Gasteiger partial charge in [0, 0.05) is 43.8 Å². The summed E-state index contributed by atoms with van der Waals surface area (Å²) in [5.41, 5.74) is 4.93. The van der Waals surface area contributed by atoms with E-state index >= 15 is 0 Å². The van der Waals surface area contributed by atoms with Crippen LogP contribution < -0.4 is 5.32 Å². The number of hydrogen-bond acceptors (Lipinski definition) is 1. The lowest BCUT2D eigenvalue weighted by Crippen LogP contribution is -2.39. The first-order valence-corrected chi connectivity index (χ1v) is 8.35. The summed E-state index contributed by atoms with van der Waals surface area (Å²) >= 11 is 0. The fourth-order valence-corrected chi connectivity index (χ4v) is 3.54. The number of aryl methyl sites for hydroxylation is 1. The number of urea groups is 1. The summed E-state index contributed by atoms with van der Waals surface area (Å²) in [6, 6.07) is 16.4. The SMILES string of the molecule is Cn1cc2c3c(cccc31)CN(C(=O)NCc1ccccc1)CC2. The molecule has 4 nitrogen and oxygen atoms in total. The zero-order chi connectivity index (χ0) is 16.5. The van der Waals surface area contributed by atoms with Crippen molar-refractivity contribution in [3.8, 4) is 0 Å². The van der Waals surface area contributed by atoms with Crippen LogP contribution in [0.5, 0.6) is 0 Å². The maximum absolute atomic E-state index is 12.6. The van der Waals surface area contributed by atoms with Crippen LogP contribution in [0.3, 0.4) is 0 Å². The lowest BCUT2D eigenvalue weighted by atomic mass is 10.1. The summed E-state index contributed by atoms with van der Waals surface area (Å²) in [5.74, 6) is 0. The Balaban J connectivity index is 1.52. The second-order valence-electron chi connectivity index (χ2n) is 6.39. The molecule has 0 aliphatic carbocycles. The Labute approximate surface area is 141 Å². The quantitative estimate of drug-likeness (QED) is 0.772. The second kappa shape index (κ2) is 6.04. The number of aromatic nitrogens is 1. The highest BCUT2D eigenvalue weighted by atomic mass is 16.2. The number of nitrogens with one attached hydrogen (secondary N) is 1. The van der Waals surface area contributed by atoms with E-state index in [1.165, 1.54) is 22.0 Å². The van der Waals surface area contributed by atoms with Crippen LogP contribution in [-0.2, 0) is 26.6 Å². The van der Waals surface area contributed by atoms with Gasteiger partial charge in [-0.1, -0.05) is 42.5 Å². The fourth-order valence-electron chi connectivity index (χ4n) is 3.54. The molecule has 3 aromatic rings. The van der Waals surface area contributed by atoms with Crippen LogP contribution >= 0.6 is 0 Å². The molecule has 1 aromatic heterocycles. The molecule has 0 atom stereocenters. The van der Waals surface area contributed by atoms with Crippen molar-refractivity contribution >= 4 is 16.9 Å². The van der Waals surface area contributed by atoms with E-state index in [-0.39, 0.29) is 6.03 Å². The largest absolute Gasteiger partial charge is 0.350 e. The summed E-state index contributed by atoms with van der Waals surface area (Å²) in [6.45, 7) is 1.97. The van der Waals surface area contributed by atoms with Crippen molar-refractivity contribution in [1.82, 2.24) is 14.8 Å². The average Bonchev–Trinajstić information content (AvgIpc) is 2.82. The van der Waals surface area contributed by atoms with Crippen LogP contribution in [0.4, 0.5) is 4.79 Å². The molecule has 4 heteroatoms. The molecule has 0 fully saturated rings. The molecule has 0 saturated heterocycles. The van der Waals surface area contributed by atoms with Crippen LogP contribution in [-0.4, -0.2) is 22.0 Å². The van der Waals surface area contributed by atoms with E-state index in [0.717, 1.165) is 18.5 Å². The van der Waals surface area contributed by atoms with E-state index in [4.69, 9.17) is 0 Å². The average molecular weight is 319 g/mol. The van der Waals surface area contributed by atoms with Crippen molar-refractivity contribution < 1.29 is 4.79 Å². The van der Waals surface area contributed by atoms with E-state index in [1.807, 2.05) is 35.2 Å². The van der Waals surface area contributed by atoms with Gasteiger partial charge in [-0.05, 0) is 29.2 Å². The summed E-state index contributed by atoms with van der Waals surface area (Å²) < 4.78 is 2.18. The van der Waals surface area contributed by atoms with E-state index in [2.05, 4.69) is 41.3 Å². The molecule has 0 unspecified atom stereocenters. The Morgan fingerprint density at radius 1 is 1.08 bits per heavy atom. The number of amides is 2. The van der Waals surface area contributed by atoms with Crippen LogP contribution in [0, 0.1) is 0 Å². The van der Waals surface area contributed by atoms with Crippen molar-refractivity contribution in [3.63, 3.8) is 0 Å². The van der Waals surface area contributed by atoms with E-state index in [9.17, 15) is 4.79 Å². The zero-order valence-corrected chi connectivity index (χ0v) is 13.8. The van der Waals surface area contributed by atoms with Gasteiger partial charge in [-0.25, -0.2) is 4.79 Å². The normalized spacial score (nSPS) is 13.8. The van der Waals surface area contributed by atoms with Crippen LogP contribution in [0.15, 0.2) is 54.7 Å². The highest BCUT2D eigenvalue weighted by Crippen LogP contribution is 2.28. The minimum Gasteiger partial charge on any atom is -0.350 e. The van der Waals surface area contributed by atoms with Crippen molar-refractivity contribution in [2.75, 3.05) is 6.54 Å². The van der Waals surface area contributed by atoms with Gasteiger partial charge < -0.3 is 14.8 Å². The first kappa shape index (κ1) is 14.8. The summed E-state index contributed by atoms with van der Waals surface area (Å²) in [5, 5.41) is 4.36. The lowest BCUT2D eigenvalue weighted by molar-refractivity contribution is 0.196. The molecule has 1 aliphatic rings. The van der Waals surface area contributed by atoms with E-state index < -0.39 is 0 Å². The van der Waals surface area contributed by atoms with Crippen molar-refractivity contribution in [3.05, 3.63) is 71.4 Å². The number of carbonyl (C=O) groups is 1. The van der Waals surface area contributed by atoms with Gasteiger partial charge in [0.05, 0.1) is 0 Å². The standard InChI is InChI=1S/C20H21N3O/c1-22-13-17-10-11-23(14-16-8-5-9-18(22)19(16)17)20(24)21-12-15-6-3-2-4-7-15/h2-9,13H,10-12,14H2,1H3,(H,21,24). The van der Waals surface area contributed by atoms with Crippen LogP contribution in [0.25, 0.3) is 10.9 Å². The third kappa shape index (κ3) is 2.64. The Morgan fingerprint density at radius 2 is 1.92 bits per heavy atom. The Bertz CT molecular complexity index is 883. The van der Waals surface area contributed by atoms with E-state index in [1.54, 1.807) is 0 Å². The predicted molar refractivity (Wildman–Crippen MR) is 95.7 cm³/mol. The number of benzene rings is 2. The molecule has 4 rings (SSSR count). The first-order chi connectivity index (χ1) is 11.7. The maximum Gasteiger partial charge on any atom is 0.317 e. The van der Waals surface area contributed by atoms with Gasteiger partial charge in [0.15, 0.2) is 0 Å². The molecule has 122 valence electrons. The number of carbonyl (C=O) groups excluding carboxylic acids is 1. The van der Waals surface area contributed by atoms with Gasteiger partial charge in [-0.2, -0.15) is 0 Å².